The fourth-order valence-corrected chi connectivity index (χ4v) is 3.39. The van der Waals surface area contributed by atoms with Gasteiger partial charge in [-0.15, -0.1) is 0 Å². The topological polar surface area (TPSA) is 90.6 Å². The SMILES string of the molecule is COc1ccc(Br)c(CNCCc2ccc(S(N)(=O)=O)cc2)c1OC. The van der Waals surface area contributed by atoms with Crippen LogP contribution in [0.15, 0.2) is 45.8 Å². The molecular weight excluding hydrogens is 408 g/mol. The standard InChI is InChI=1S/C17H21BrN2O4S/c1-23-16-8-7-15(18)14(17(16)24-2)11-20-10-9-12-3-5-13(6-4-12)25(19,21)22/h3-8,20H,9-11H2,1-2H3,(H2,19,21,22). The number of methoxy groups -OCH3 is 2. The van der Waals surface area contributed by atoms with Crippen LogP contribution < -0.4 is 19.9 Å². The molecule has 0 saturated carbocycles. The molecule has 2 aromatic rings. The molecule has 0 heterocycles. The molecule has 0 radical (unpaired) electrons. The average molecular weight is 429 g/mol. The van der Waals surface area contributed by atoms with Crippen molar-refractivity contribution in [3.63, 3.8) is 0 Å². The molecule has 2 aromatic carbocycles. The van der Waals surface area contributed by atoms with Crippen LogP contribution in [0, 0.1) is 0 Å². The molecule has 0 saturated heterocycles. The van der Waals surface area contributed by atoms with Gasteiger partial charge in [0.15, 0.2) is 11.5 Å². The van der Waals surface area contributed by atoms with Gasteiger partial charge in [-0.3, -0.25) is 0 Å². The van der Waals surface area contributed by atoms with Gasteiger partial charge in [-0.1, -0.05) is 28.1 Å². The summed E-state index contributed by atoms with van der Waals surface area (Å²) in [6.07, 6.45) is 0.759. The Kier molecular flexibility index (Phi) is 6.83. The van der Waals surface area contributed by atoms with Crippen molar-refractivity contribution < 1.29 is 17.9 Å². The van der Waals surface area contributed by atoms with Crippen LogP contribution in [0.3, 0.4) is 0 Å². The summed E-state index contributed by atoms with van der Waals surface area (Å²) >= 11 is 3.53. The van der Waals surface area contributed by atoms with Crippen molar-refractivity contribution in [1.82, 2.24) is 5.32 Å². The minimum atomic E-state index is -3.65. The van der Waals surface area contributed by atoms with E-state index in [-0.39, 0.29) is 4.90 Å². The molecule has 0 unspecified atom stereocenters. The van der Waals surface area contributed by atoms with E-state index in [1.165, 1.54) is 12.1 Å². The van der Waals surface area contributed by atoms with Gasteiger partial charge in [-0.25, -0.2) is 13.6 Å². The highest BCUT2D eigenvalue weighted by Crippen LogP contribution is 2.35. The lowest BCUT2D eigenvalue weighted by molar-refractivity contribution is 0.350. The fourth-order valence-electron chi connectivity index (χ4n) is 2.42. The first-order valence-corrected chi connectivity index (χ1v) is 9.92. The molecular formula is C17H21BrN2O4S. The molecule has 2 rings (SSSR count). The lowest BCUT2D eigenvalue weighted by Crippen LogP contribution is -2.18. The molecule has 0 amide bonds. The number of sulfonamides is 1. The van der Waals surface area contributed by atoms with Crippen LogP contribution in [-0.2, 0) is 23.0 Å². The Hall–Kier alpha value is -1.61. The maximum Gasteiger partial charge on any atom is 0.238 e. The molecule has 8 heteroatoms. The lowest BCUT2D eigenvalue weighted by Gasteiger charge is -2.15. The molecule has 0 aliphatic rings. The summed E-state index contributed by atoms with van der Waals surface area (Å²) in [7, 11) is -0.429. The highest BCUT2D eigenvalue weighted by atomic mass is 79.9. The third-order valence-electron chi connectivity index (χ3n) is 3.74. The third-order valence-corrected chi connectivity index (χ3v) is 5.41. The summed E-state index contributed by atoms with van der Waals surface area (Å²) < 4.78 is 34.2. The molecule has 136 valence electrons. The van der Waals surface area contributed by atoms with Gasteiger partial charge in [-0.05, 0) is 42.8 Å². The van der Waals surface area contributed by atoms with Crippen molar-refractivity contribution in [3.05, 3.63) is 52.0 Å². The van der Waals surface area contributed by atoms with E-state index in [0.717, 1.165) is 28.6 Å². The Morgan fingerprint density at radius 1 is 1.08 bits per heavy atom. The van der Waals surface area contributed by atoms with E-state index in [9.17, 15) is 8.42 Å². The number of primary sulfonamides is 1. The largest absolute Gasteiger partial charge is 0.493 e. The summed E-state index contributed by atoms with van der Waals surface area (Å²) in [4.78, 5) is 0.120. The van der Waals surface area contributed by atoms with E-state index in [4.69, 9.17) is 14.6 Å². The molecule has 0 fully saturated rings. The number of hydrogen-bond acceptors (Lipinski definition) is 5. The van der Waals surface area contributed by atoms with Gasteiger partial charge in [0.05, 0.1) is 19.1 Å². The van der Waals surface area contributed by atoms with Gasteiger partial charge in [0.1, 0.15) is 0 Å². The second kappa shape index (κ2) is 8.66. The molecule has 0 atom stereocenters. The van der Waals surface area contributed by atoms with Crippen molar-refractivity contribution in [2.45, 2.75) is 17.9 Å². The predicted molar refractivity (Wildman–Crippen MR) is 100 cm³/mol. The smallest absolute Gasteiger partial charge is 0.238 e. The van der Waals surface area contributed by atoms with E-state index >= 15 is 0 Å². The number of rotatable bonds is 8. The minimum absolute atomic E-state index is 0.120. The second-order valence-electron chi connectivity index (χ2n) is 5.38. The lowest BCUT2D eigenvalue weighted by atomic mass is 10.1. The van der Waals surface area contributed by atoms with Crippen LogP contribution in [0.5, 0.6) is 11.5 Å². The molecule has 0 spiro atoms. The van der Waals surface area contributed by atoms with Gasteiger partial charge >= 0.3 is 0 Å². The van der Waals surface area contributed by atoms with E-state index in [2.05, 4.69) is 21.2 Å². The predicted octanol–water partition coefficient (Wildman–Crippen LogP) is 2.45. The number of halogens is 1. The molecule has 6 nitrogen and oxygen atoms in total. The van der Waals surface area contributed by atoms with Gasteiger partial charge in [0.25, 0.3) is 0 Å². The second-order valence-corrected chi connectivity index (χ2v) is 7.79. The van der Waals surface area contributed by atoms with E-state index in [1.54, 1.807) is 26.4 Å². The number of ether oxygens (including phenoxy) is 2. The van der Waals surface area contributed by atoms with Crippen LogP contribution in [0.2, 0.25) is 0 Å². The minimum Gasteiger partial charge on any atom is -0.493 e. The first kappa shape index (κ1) is 19.7. The maximum atomic E-state index is 11.2. The summed E-state index contributed by atoms with van der Waals surface area (Å²) in [5, 5.41) is 8.44. The quantitative estimate of drug-likeness (QED) is 0.630. The zero-order valence-corrected chi connectivity index (χ0v) is 16.5. The fraction of sp³-hybridized carbons (Fsp3) is 0.294. The van der Waals surface area contributed by atoms with E-state index in [0.29, 0.717) is 18.0 Å². The van der Waals surface area contributed by atoms with Crippen molar-refractivity contribution in [2.24, 2.45) is 5.14 Å². The van der Waals surface area contributed by atoms with Crippen LogP contribution >= 0.6 is 15.9 Å². The van der Waals surface area contributed by atoms with E-state index < -0.39 is 10.0 Å². The zero-order valence-electron chi connectivity index (χ0n) is 14.1. The summed E-state index contributed by atoms with van der Waals surface area (Å²) in [6.45, 7) is 1.33. The molecule has 0 aliphatic carbocycles. The summed E-state index contributed by atoms with van der Waals surface area (Å²) in [5.74, 6) is 1.38. The van der Waals surface area contributed by atoms with Gasteiger partial charge in [0, 0.05) is 16.6 Å². The van der Waals surface area contributed by atoms with Crippen LogP contribution in [0.1, 0.15) is 11.1 Å². The number of nitrogens with two attached hydrogens (primary N) is 1. The maximum absolute atomic E-state index is 11.2. The van der Waals surface area contributed by atoms with Gasteiger partial charge < -0.3 is 14.8 Å². The Morgan fingerprint density at radius 2 is 1.76 bits per heavy atom. The number of nitrogens with one attached hydrogen (secondary N) is 1. The molecule has 0 aliphatic heterocycles. The highest BCUT2D eigenvalue weighted by molar-refractivity contribution is 9.10. The van der Waals surface area contributed by atoms with Crippen LogP contribution in [0.4, 0.5) is 0 Å². The molecule has 0 aromatic heterocycles. The number of hydrogen-bond donors (Lipinski definition) is 2. The van der Waals surface area contributed by atoms with E-state index in [1.807, 2.05) is 12.1 Å². The van der Waals surface area contributed by atoms with Crippen molar-refractivity contribution in [1.29, 1.82) is 0 Å². The Bertz CT molecular complexity index is 823. The molecule has 3 N–H and O–H groups in total. The number of benzene rings is 2. The normalized spacial score (nSPS) is 11.4. The average Bonchev–Trinajstić information content (AvgIpc) is 2.59. The zero-order chi connectivity index (χ0) is 18.4. The van der Waals surface area contributed by atoms with Crippen molar-refractivity contribution >= 4 is 26.0 Å². The third kappa shape index (κ3) is 5.18. The molecule has 0 bridgehead atoms. The first-order chi connectivity index (χ1) is 11.9. The van der Waals surface area contributed by atoms with Crippen molar-refractivity contribution in [2.75, 3.05) is 20.8 Å². The Labute approximate surface area is 156 Å². The van der Waals surface area contributed by atoms with Gasteiger partial charge in [0.2, 0.25) is 10.0 Å². The Balaban J connectivity index is 1.96. The first-order valence-electron chi connectivity index (χ1n) is 7.58. The molecule has 25 heavy (non-hydrogen) atoms. The van der Waals surface area contributed by atoms with Crippen LogP contribution in [0.25, 0.3) is 0 Å². The van der Waals surface area contributed by atoms with Crippen LogP contribution in [-0.4, -0.2) is 29.2 Å². The summed E-state index contributed by atoms with van der Waals surface area (Å²) in [6, 6.07) is 10.3. The Morgan fingerprint density at radius 3 is 2.32 bits per heavy atom. The summed E-state index contributed by atoms with van der Waals surface area (Å²) in [5.41, 5.74) is 2.00. The van der Waals surface area contributed by atoms with Crippen molar-refractivity contribution in [3.8, 4) is 11.5 Å². The monoisotopic (exact) mass is 428 g/mol. The highest BCUT2D eigenvalue weighted by Gasteiger charge is 2.13. The van der Waals surface area contributed by atoms with Gasteiger partial charge in [-0.2, -0.15) is 0 Å².